The molecule has 0 aliphatic carbocycles. The number of carboxylic acids is 1. The van der Waals surface area contributed by atoms with Crippen LogP contribution in [0, 0.1) is 17.6 Å². The van der Waals surface area contributed by atoms with Crippen molar-refractivity contribution in [3.05, 3.63) is 59.7 Å². The van der Waals surface area contributed by atoms with Crippen LogP contribution in [0.4, 0.5) is 8.78 Å². The molecule has 1 N–H and O–H groups in total. The van der Waals surface area contributed by atoms with Crippen molar-refractivity contribution in [3.8, 4) is 11.1 Å². The maximum Gasteiger partial charge on any atom is 0.307 e. The largest absolute Gasteiger partial charge is 0.481 e. The first-order valence-electron chi connectivity index (χ1n) is 8.70. The van der Waals surface area contributed by atoms with Crippen LogP contribution < -0.4 is 0 Å². The van der Waals surface area contributed by atoms with Crippen molar-refractivity contribution in [2.75, 3.05) is 26.2 Å². The van der Waals surface area contributed by atoms with Gasteiger partial charge in [0, 0.05) is 24.2 Å². The predicted molar refractivity (Wildman–Crippen MR) is 97.5 cm³/mol. The van der Waals surface area contributed by atoms with Crippen LogP contribution in [0.15, 0.2) is 47.6 Å². The Bertz CT molecular complexity index is 842. The summed E-state index contributed by atoms with van der Waals surface area (Å²) in [5.41, 5.74) is 1.29. The molecule has 27 heavy (non-hydrogen) atoms. The van der Waals surface area contributed by atoms with Gasteiger partial charge in [-0.3, -0.25) is 9.69 Å². The van der Waals surface area contributed by atoms with Crippen LogP contribution in [0.5, 0.6) is 0 Å². The zero-order valence-corrected chi connectivity index (χ0v) is 14.6. The zero-order chi connectivity index (χ0) is 19.2. The number of nitrogens with zero attached hydrogens (tertiary/aromatic N) is 2. The van der Waals surface area contributed by atoms with E-state index in [2.05, 4.69) is 5.16 Å². The highest BCUT2D eigenvalue weighted by Gasteiger charge is 2.27. The van der Waals surface area contributed by atoms with E-state index in [4.69, 9.17) is 9.94 Å². The fraction of sp³-hybridized carbons (Fsp3) is 0.300. The molecule has 0 radical (unpaired) electrons. The van der Waals surface area contributed by atoms with E-state index in [-0.39, 0.29) is 11.5 Å². The molecular weight excluding hydrogens is 354 g/mol. The second-order valence-electron chi connectivity index (χ2n) is 6.38. The molecule has 2 aromatic rings. The van der Waals surface area contributed by atoms with Crippen molar-refractivity contribution >= 4 is 12.2 Å². The van der Waals surface area contributed by atoms with Crippen LogP contribution >= 0.6 is 0 Å². The van der Waals surface area contributed by atoms with E-state index < -0.39 is 17.6 Å². The van der Waals surface area contributed by atoms with Gasteiger partial charge < -0.3 is 9.94 Å². The summed E-state index contributed by atoms with van der Waals surface area (Å²) in [6.45, 7) is 2.15. The molecule has 0 spiro atoms. The first-order chi connectivity index (χ1) is 13.1. The van der Waals surface area contributed by atoms with Crippen molar-refractivity contribution in [3.63, 3.8) is 0 Å². The molecule has 0 aromatic heterocycles. The number of carbonyl (C=O) groups is 1. The van der Waals surface area contributed by atoms with Gasteiger partial charge in [-0.1, -0.05) is 41.6 Å². The Morgan fingerprint density at radius 1 is 1.22 bits per heavy atom. The third-order valence-electron chi connectivity index (χ3n) is 4.59. The second kappa shape index (κ2) is 8.73. The Morgan fingerprint density at radius 2 is 2.00 bits per heavy atom. The quantitative estimate of drug-likeness (QED) is 0.458. The number of halogens is 2. The number of hydrogen-bond donors (Lipinski definition) is 1. The van der Waals surface area contributed by atoms with E-state index in [0.717, 1.165) is 12.6 Å². The summed E-state index contributed by atoms with van der Waals surface area (Å²) in [7, 11) is 0. The van der Waals surface area contributed by atoms with E-state index in [9.17, 15) is 13.6 Å². The van der Waals surface area contributed by atoms with E-state index in [1.165, 1.54) is 18.3 Å². The predicted octanol–water partition coefficient (Wildman–Crippen LogP) is 3.39. The van der Waals surface area contributed by atoms with Gasteiger partial charge in [-0.25, -0.2) is 8.78 Å². The molecule has 7 heteroatoms. The van der Waals surface area contributed by atoms with Gasteiger partial charge in [-0.15, -0.1) is 0 Å². The summed E-state index contributed by atoms with van der Waals surface area (Å²) >= 11 is 0. The van der Waals surface area contributed by atoms with Gasteiger partial charge in [0.15, 0.2) is 11.6 Å². The number of likely N-dealkylation sites (tertiary alicyclic amines) is 1. The van der Waals surface area contributed by atoms with Gasteiger partial charge in [0.05, 0.1) is 12.1 Å². The fourth-order valence-electron chi connectivity index (χ4n) is 3.12. The summed E-state index contributed by atoms with van der Waals surface area (Å²) < 4.78 is 27.6. The normalized spacial score (nSPS) is 17.5. The van der Waals surface area contributed by atoms with Gasteiger partial charge in [0.25, 0.3) is 0 Å². The monoisotopic (exact) mass is 374 g/mol. The molecule has 3 rings (SSSR count). The topological polar surface area (TPSA) is 62.1 Å². The molecule has 1 atom stereocenters. The van der Waals surface area contributed by atoms with Crippen LogP contribution in [0.25, 0.3) is 11.1 Å². The molecule has 1 fully saturated rings. The molecule has 5 nitrogen and oxygen atoms in total. The minimum absolute atomic E-state index is 0.161. The Hall–Kier alpha value is -2.80. The van der Waals surface area contributed by atoms with Gasteiger partial charge in [0.1, 0.15) is 6.61 Å². The molecule has 1 aliphatic heterocycles. The van der Waals surface area contributed by atoms with E-state index >= 15 is 0 Å². The molecule has 1 saturated heterocycles. The SMILES string of the molecule is O=C(O)C1CCN(CCO/N=C/c2ccccc2-c2cccc(F)c2F)C1. The highest BCUT2D eigenvalue weighted by molar-refractivity contribution is 5.90. The minimum Gasteiger partial charge on any atom is -0.481 e. The van der Waals surface area contributed by atoms with Crippen LogP contribution in [-0.2, 0) is 9.63 Å². The summed E-state index contributed by atoms with van der Waals surface area (Å²) in [5.74, 6) is -2.89. The first-order valence-corrected chi connectivity index (χ1v) is 8.70. The molecule has 1 heterocycles. The summed E-state index contributed by atoms with van der Waals surface area (Å²) in [5, 5.41) is 12.9. The van der Waals surface area contributed by atoms with Crippen LogP contribution in [-0.4, -0.2) is 48.4 Å². The Kier molecular flexibility index (Phi) is 6.13. The number of hydrogen-bond acceptors (Lipinski definition) is 4. The first kappa shape index (κ1) is 19.0. The minimum atomic E-state index is -0.902. The van der Waals surface area contributed by atoms with Gasteiger partial charge >= 0.3 is 5.97 Å². The third kappa shape index (κ3) is 4.68. The van der Waals surface area contributed by atoms with E-state index in [1.807, 2.05) is 4.90 Å². The standard InChI is InChI=1S/C20H20F2N2O3/c21-18-7-3-6-17(19(18)22)16-5-2-1-4-14(16)12-23-27-11-10-24-9-8-15(13-24)20(25)26/h1-7,12,15H,8-11,13H2,(H,25,26)/b23-12+. The lowest BCUT2D eigenvalue weighted by molar-refractivity contribution is -0.141. The second-order valence-corrected chi connectivity index (χ2v) is 6.38. The van der Waals surface area contributed by atoms with Gasteiger partial charge in [0.2, 0.25) is 0 Å². The number of rotatable bonds is 7. The zero-order valence-electron chi connectivity index (χ0n) is 14.6. The molecule has 1 unspecified atom stereocenters. The average molecular weight is 374 g/mol. The summed E-state index contributed by atoms with van der Waals surface area (Å²) in [6.07, 6.45) is 2.11. The Labute approximate surface area is 155 Å². The maximum absolute atomic E-state index is 14.1. The molecule has 1 aliphatic rings. The molecule has 142 valence electrons. The third-order valence-corrected chi connectivity index (χ3v) is 4.59. The maximum atomic E-state index is 14.1. The molecule has 0 amide bonds. The molecule has 2 aromatic carbocycles. The van der Waals surface area contributed by atoms with E-state index in [0.29, 0.717) is 37.2 Å². The fourth-order valence-corrected chi connectivity index (χ4v) is 3.12. The van der Waals surface area contributed by atoms with Crippen LogP contribution in [0.3, 0.4) is 0 Å². The Balaban J connectivity index is 1.59. The van der Waals surface area contributed by atoms with Crippen molar-refractivity contribution in [1.82, 2.24) is 4.90 Å². The summed E-state index contributed by atoms with van der Waals surface area (Å²) in [6, 6.07) is 11.0. The molecule has 0 bridgehead atoms. The van der Waals surface area contributed by atoms with Crippen molar-refractivity contribution in [1.29, 1.82) is 0 Å². The van der Waals surface area contributed by atoms with Crippen molar-refractivity contribution < 1.29 is 23.5 Å². The van der Waals surface area contributed by atoms with Crippen LogP contribution in [0.2, 0.25) is 0 Å². The molecular formula is C20H20F2N2O3. The number of oxime groups is 1. The smallest absolute Gasteiger partial charge is 0.307 e. The number of aliphatic carboxylic acids is 1. The van der Waals surface area contributed by atoms with Gasteiger partial charge in [-0.2, -0.15) is 0 Å². The highest BCUT2D eigenvalue weighted by atomic mass is 19.2. The van der Waals surface area contributed by atoms with Gasteiger partial charge in [-0.05, 0) is 24.6 Å². The van der Waals surface area contributed by atoms with Crippen molar-refractivity contribution in [2.24, 2.45) is 11.1 Å². The number of carboxylic acid groups (broad SMARTS) is 1. The summed E-state index contributed by atoms with van der Waals surface area (Å²) in [4.78, 5) is 18.2. The lowest BCUT2D eigenvalue weighted by Crippen LogP contribution is -2.26. The lowest BCUT2D eigenvalue weighted by Gasteiger charge is -2.13. The average Bonchev–Trinajstić information content (AvgIpc) is 3.14. The Morgan fingerprint density at radius 3 is 2.78 bits per heavy atom. The highest BCUT2D eigenvalue weighted by Crippen LogP contribution is 2.26. The number of benzene rings is 2. The van der Waals surface area contributed by atoms with E-state index in [1.54, 1.807) is 24.3 Å². The van der Waals surface area contributed by atoms with Crippen molar-refractivity contribution in [2.45, 2.75) is 6.42 Å². The lowest BCUT2D eigenvalue weighted by atomic mass is 10.00. The van der Waals surface area contributed by atoms with Crippen LogP contribution in [0.1, 0.15) is 12.0 Å². The molecule has 0 saturated carbocycles.